The van der Waals surface area contributed by atoms with Crippen LogP contribution in [-0.2, 0) is 11.8 Å². The number of fused-ring (bicyclic) bond motifs is 12. The van der Waals surface area contributed by atoms with Gasteiger partial charge in [-0.3, -0.25) is 0 Å². The van der Waals surface area contributed by atoms with Crippen molar-refractivity contribution in [1.29, 1.82) is 0 Å². The van der Waals surface area contributed by atoms with Crippen LogP contribution in [0.2, 0.25) is 0 Å². The summed E-state index contributed by atoms with van der Waals surface area (Å²) in [7, 11) is 0. The lowest BCUT2D eigenvalue weighted by molar-refractivity contribution is 0.752. The fraction of sp³-hybridized carbons (Fsp3) is 0.0476. The van der Waals surface area contributed by atoms with Crippen LogP contribution in [0.15, 0.2) is 237 Å². The second kappa shape index (κ2) is 15.0. The first-order valence-corrected chi connectivity index (χ1v) is 22.8. The lowest BCUT2D eigenvalue weighted by atomic mass is 9.64. The van der Waals surface area contributed by atoms with Crippen molar-refractivity contribution in [2.24, 2.45) is 0 Å². The van der Waals surface area contributed by atoms with Gasteiger partial charge in [-0.15, -0.1) is 0 Å². The highest BCUT2D eigenvalue weighted by Crippen LogP contribution is 2.65. The predicted octanol–water partition coefficient (Wildman–Crippen LogP) is 16.7. The van der Waals surface area contributed by atoms with Crippen LogP contribution in [-0.4, -0.2) is 0 Å². The van der Waals surface area contributed by atoms with Crippen molar-refractivity contribution in [3.63, 3.8) is 0 Å². The Kier molecular flexibility index (Phi) is 8.60. The zero-order chi connectivity index (χ0) is 42.9. The number of anilines is 6. The van der Waals surface area contributed by atoms with Crippen LogP contribution in [0, 0.1) is 0 Å². The molecule has 2 aliphatic carbocycles. The Bertz CT molecular complexity index is 3460. The largest absolute Gasteiger partial charge is 0.310 e. The Labute approximate surface area is 380 Å². The molecule has 0 saturated carbocycles. The van der Waals surface area contributed by atoms with E-state index in [1.807, 2.05) is 0 Å². The number of para-hydroxylation sites is 4. The summed E-state index contributed by atoms with van der Waals surface area (Å²) >= 11 is 0. The second-order valence-corrected chi connectivity index (χ2v) is 17.4. The van der Waals surface area contributed by atoms with Crippen molar-refractivity contribution in [2.75, 3.05) is 9.80 Å². The van der Waals surface area contributed by atoms with Crippen molar-refractivity contribution >= 4 is 51.0 Å². The van der Waals surface area contributed by atoms with Crippen molar-refractivity contribution in [2.45, 2.75) is 18.3 Å². The third kappa shape index (κ3) is 5.60. The third-order valence-electron chi connectivity index (χ3n) is 14.1. The van der Waals surface area contributed by atoms with Gasteiger partial charge in [-0.1, -0.05) is 194 Å². The molecule has 2 nitrogen and oxygen atoms in total. The Morgan fingerprint density at radius 2 is 1.03 bits per heavy atom. The number of rotatable bonds is 6. The maximum atomic E-state index is 2.56. The molecule has 1 aliphatic heterocycles. The summed E-state index contributed by atoms with van der Waals surface area (Å²) in [5.74, 6) is 0. The summed E-state index contributed by atoms with van der Waals surface area (Å²) in [4.78, 5) is 5.01. The molecule has 2 heteroatoms. The third-order valence-corrected chi connectivity index (χ3v) is 14.1. The molecular formula is C63H44N2. The summed E-state index contributed by atoms with van der Waals surface area (Å²) in [6.45, 7) is 0. The zero-order valence-electron chi connectivity index (χ0n) is 35.9. The summed E-state index contributed by atoms with van der Waals surface area (Å²) in [5.41, 5.74) is 21.6. The van der Waals surface area contributed by atoms with Gasteiger partial charge in [0.25, 0.3) is 0 Å². The van der Waals surface area contributed by atoms with Gasteiger partial charge in [-0.05, 0) is 128 Å². The van der Waals surface area contributed by atoms with Gasteiger partial charge in [-0.2, -0.15) is 0 Å². The number of hydrogen-bond donors (Lipinski definition) is 0. The number of hydrogen-bond acceptors (Lipinski definition) is 2. The van der Waals surface area contributed by atoms with Crippen LogP contribution in [0.4, 0.5) is 34.1 Å². The van der Waals surface area contributed by atoms with Crippen molar-refractivity contribution in [1.82, 2.24) is 0 Å². The Morgan fingerprint density at radius 1 is 0.431 bits per heavy atom. The normalized spacial score (nSPS) is 13.8. The first kappa shape index (κ1) is 37.4. The van der Waals surface area contributed by atoms with Gasteiger partial charge in [0.2, 0.25) is 0 Å². The van der Waals surface area contributed by atoms with Gasteiger partial charge >= 0.3 is 0 Å². The SMILES string of the molecule is C1=Cc2ccc3cc(N(c4ccccc4-c4ccccc4-c4ccccc4)c4cccc5c4-c4ccccc4C54c5ccccc5N(c5ccccc5)c5ccccc54)ccc3c2CC1. The van der Waals surface area contributed by atoms with Gasteiger partial charge in [0, 0.05) is 22.5 Å². The van der Waals surface area contributed by atoms with E-state index in [0.717, 1.165) is 35.6 Å². The molecule has 13 rings (SSSR count). The molecule has 1 heterocycles. The molecule has 0 atom stereocenters. The molecule has 1 spiro atoms. The average Bonchev–Trinajstić information content (AvgIpc) is 3.68. The average molecular weight is 829 g/mol. The van der Waals surface area contributed by atoms with Crippen molar-refractivity contribution < 1.29 is 0 Å². The van der Waals surface area contributed by atoms with Crippen molar-refractivity contribution in [3.05, 3.63) is 270 Å². The maximum Gasteiger partial charge on any atom is 0.0755 e. The van der Waals surface area contributed by atoms with E-state index in [2.05, 4.69) is 252 Å². The smallest absolute Gasteiger partial charge is 0.0755 e. The van der Waals surface area contributed by atoms with Crippen molar-refractivity contribution in [3.8, 4) is 33.4 Å². The van der Waals surface area contributed by atoms with Gasteiger partial charge in [-0.25, -0.2) is 0 Å². The van der Waals surface area contributed by atoms with E-state index in [-0.39, 0.29) is 0 Å². The first-order chi connectivity index (χ1) is 32.3. The molecule has 0 amide bonds. The molecule has 0 radical (unpaired) electrons. The van der Waals surface area contributed by atoms with E-state index in [4.69, 9.17) is 0 Å². The molecule has 0 unspecified atom stereocenters. The Morgan fingerprint density at radius 3 is 1.80 bits per heavy atom. The Hall–Kier alpha value is -8.20. The monoisotopic (exact) mass is 828 g/mol. The fourth-order valence-electron chi connectivity index (χ4n) is 11.5. The highest BCUT2D eigenvalue weighted by Gasteiger charge is 2.52. The van der Waals surface area contributed by atoms with Crippen LogP contribution >= 0.6 is 0 Å². The van der Waals surface area contributed by atoms with Gasteiger partial charge in [0.05, 0.1) is 28.2 Å². The fourth-order valence-corrected chi connectivity index (χ4v) is 11.5. The predicted molar refractivity (Wildman–Crippen MR) is 272 cm³/mol. The van der Waals surface area contributed by atoms with E-state index < -0.39 is 5.41 Å². The number of nitrogens with zero attached hydrogens (tertiary/aromatic N) is 2. The lowest BCUT2D eigenvalue weighted by Gasteiger charge is -2.45. The highest BCUT2D eigenvalue weighted by atomic mass is 15.2. The van der Waals surface area contributed by atoms with Crippen LogP contribution in [0.1, 0.15) is 39.8 Å². The Balaban J connectivity index is 1.11. The molecule has 0 N–H and O–H groups in total. The summed E-state index contributed by atoms with van der Waals surface area (Å²) in [6.07, 6.45) is 6.72. The van der Waals surface area contributed by atoms with Crippen LogP contribution in [0.25, 0.3) is 50.2 Å². The van der Waals surface area contributed by atoms with E-state index >= 15 is 0 Å². The summed E-state index contributed by atoms with van der Waals surface area (Å²) in [6, 6.07) is 85.7. The lowest BCUT2D eigenvalue weighted by Crippen LogP contribution is -2.36. The highest BCUT2D eigenvalue weighted by molar-refractivity contribution is 6.04. The molecule has 0 bridgehead atoms. The molecule has 10 aromatic carbocycles. The van der Waals surface area contributed by atoms with Crippen LogP contribution in [0.5, 0.6) is 0 Å². The molecule has 10 aromatic rings. The molecule has 65 heavy (non-hydrogen) atoms. The molecule has 306 valence electrons. The van der Waals surface area contributed by atoms with Gasteiger partial charge in [0.15, 0.2) is 0 Å². The van der Waals surface area contributed by atoms with E-state index in [1.165, 1.54) is 88.9 Å². The molecule has 0 fully saturated rings. The number of allylic oxidation sites excluding steroid dienone is 1. The van der Waals surface area contributed by atoms with Crippen LogP contribution in [0.3, 0.4) is 0 Å². The second-order valence-electron chi connectivity index (χ2n) is 17.4. The maximum absolute atomic E-state index is 2.56. The summed E-state index contributed by atoms with van der Waals surface area (Å²) in [5, 5.41) is 2.59. The molecule has 0 aromatic heterocycles. The molecular weight excluding hydrogens is 785 g/mol. The standard InChI is InChI=1S/C63H44N2/c1-3-20-43(21-4-1)49-26-9-10-27-51(49)52-28-12-16-34-58(52)65(47-40-41-50-45(42-47)39-38-44-22-7-8-25-48(44)50)61-37-19-33-57-62(61)53-29-11-13-30-54(53)63(57)55-31-14-17-35-59(55)64(46-23-5-2-6-24-46)60-36-18-15-32-56(60)63/h1-7,9-24,26-42H,8,25H2. The van der Waals surface area contributed by atoms with Crippen LogP contribution < -0.4 is 9.80 Å². The quantitative estimate of drug-likeness (QED) is 0.165. The van der Waals surface area contributed by atoms with E-state index in [1.54, 1.807) is 0 Å². The minimum absolute atomic E-state index is 0.582. The van der Waals surface area contributed by atoms with Gasteiger partial charge in [0.1, 0.15) is 0 Å². The van der Waals surface area contributed by atoms with E-state index in [9.17, 15) is 0 Å². The molecule has 3 aliphatic rings. The number of aryl methyl sites for hydroxylation is 1. The minimum atomic E-state index is -0.582. The summed E-state index contributed by atoms with van der Waals surface area (Å²) < 4.78 is 0. The van der Waals surface area contributed by atoms with Gasteiger partial charge < -0.3 is 9.80 Å². The zero-order valence-corrected chi connectivity index (χ0v) is 35.9. The topological polar surface area (TPSA) is 6.48 Å². The molecule has 0 saturated heterocycles. The first-order valence-electron chi connectivity index (χ1n) is 22.8. The minimum Gasteiger partial charge on any atom is -0.310 e. The van der Waals surface area contributed by atoms with E-state index in [0.29, 0.717) is 0 Å². The number of benzene rings is 10.